The zero-order chi connectivity index (χ0) is 15.4. The van der Waals surface area contributed by atoms with E-state index in [0.717, 1.165) is 34.6 Å². The van der Waals surface area contributed by atoms with Crippen molar-refractivity contribution in [2.24, 2.45) is 5.92 Å². The van der Waals surface area contributed by atoms with Crippen LogP contribution in [0.25, 0.3) is 10.2 Å². The average Bonchev–Trinajstić information content (AvgIpc) is 2.94. The van der Waals surface area contributed by atoms with Gasteiger partial charge >= 0.3 is 0 Å². The van der Waals surface area contributed by atoms with Crippen LogP contribution in [0.4, 0.5) is 0 Å². The van der Waals surface area contributed by atoms with Crippen molar-refractivity contribution in [3.05, 3.63) is 27.7 Å². The van der Waals surface area contributed by atoms with Gasteiger partial charge in [-0.15, -0.1) is 11.3 Å². The molecule has 6 heteroatoms. The molecule has 1 aromatic carbocycles. The second-order valence-corrected chi connectivity index (χ2v) is 7.77. The average molecular weight is 382 g/mol. The summed E-state index contributed by atoms with van der Waals surface area (Å²) in [6.45, 7) is 2.92. The minimum atomic E-state index is 0.131. The molecule has 0 radical (unpaired) electrons. The van der Waals surface area contributed by atoms with Gasteiger partial charge in [-0.3, -0.25) is 4.79 Å². The number of nitrogens with zero attached hydrogens (tertiary/aromatic N) is 1. The molecule has 1 aliphatic heterocycles. The molecule has 1 aromatic heterocycles. The first-order valence-corrected chi connectivity index (χ1v) is 9.34. The SMILES string of the molecule is O=C(CCc1nc2cc(Br)ccc2s1)NCC1CCCNC1. The van der Waals surface area contributed by atoms with Gasteiger partial charge < -0.3 is 10.6 Å². The van der Waals surface area contributed by atoms with Crippen LogP contribution in [-0.4, -0.2) is 30.5 Å². The van der Waals surface area contributed by atoms with E-state index in [1.165, 1.54) is 17.5 Å². The van der Waals surface area contributed by atoms with E-state index in [2.05, 4.69) is 37.6 Å². The van der Waals surface area contributed by atoms with Crippen molar-refractivity contribution in [2.45, 2.75) is 25.7 Å². The van der Waals surface area contributed by atoms with Crippen LogP contribution in [0, 0.1) is 5.92 Å². The van der Waals surface area contributed by atoms with E-state index < -0.39 is 0 Å². The zero-order valence-electron chi connectivity index (χ0n) is 12.4. The number of halogens is 1. The summed E-state index contributed by atoms with van der Waals surface area (Å²) in [4.78, 5) is 16.6. The van der Waals surface area contributed by atoms with Crippen LogP contribution in [0.3, 0.4) is 0 Å². The lowest BCUT2D eigenvalue weighted by Crippen LogP contribution is -2.38. The van der Waals surface area contributed by atoms with Crippen LogP contribution < -0.4 is 10.6 Å². The number of aryl methyl sites for hydroxylation is 1. The van der Waals surface area contributed by atoms with Gasteiger partial charge in [-0.1, -0.05) is 15.9 Å². The van der Waals surface area contributed by atoms with Crippen LogP contribution in [0.5, 0.6) is 0 Å². The number of hydrogen-bond acceptors (Lipinski definition) is 4. The van der Waals surface area contributed by atoms with Gasteiger partial charge in [-0.25, -0.2) is 4.98 Å². The predicted octanol–water partition coefficient (Wildman–Crippen LogP) is 3.11. The second-order valence-electron chi connectivity index (χ2n) is 5.74. The number of nitrogens with one attached hydrogen (secondary N) is 2. The van der Waals surface area contributed by atoms with Gasteiger partial charge in [0.05, 0.1) is 15.2 Å². The summed E-state index contributed by atoms with van der Waals surface area (Å²) in [5.41, 5.74) is 1.00. The molecule has 22 heavy (non-hydrogen) atoms. The number of carbonyl (C=O) groups is 1. The minimum Gasteiger partial charge on any atom is -0.356 e. The summed E-state index contributed by atoms with van der Waals surface area (Å²) in [6, 6.07) is 6.11. The molecule has 1 aliphatic rings. The lowest BCUT2D eigenvalue weighted by atomic mass is 10.00. The van der Waals surface area contributed by atoms with E-state index in [9.17, 15) is 4.79 Å². The van der Waals surface area contributed by atoms with Crippen molar-refractivity contribution in [1.82, 2.24) is 15.6 Å². The number of benzene rings is 1. The Balaban J connectivity index is 1.47. The van der Waals surface area contributed by atoms with Gasteiger partial charge in [0, 0.05) is 23.9 Å². The van der Waals surface area contributed by atoms with Crippen LogP contribution in [-0.2, 0) is 11.2 Å². The molecule has 0 spiro atoms. The molecule has 1 atom stereocenters. The number of amides is 1. The number of fused-ring (bicyclic) bond motifs is 1. The molecule has 2 N–H and O–H groups in total. The summed E-state index contributed by atoms with van der Waals surface area (Å²) < 4.78 is 2.21. The van der Waals surface area contributed by atoms with E-state index in [1.807, 2.05) is 12.1 Å². The van der Waals surface area contributed by atoms with E-state index >= 15 is 0 Å². The summed E-state index contributed by atoms with van der Waals surface area (Å²) in [6.07, 6.45) is 3.65. The number of thiazole rings is 1. The first-order chi connectivity index (χ1) is 10.7. The largest absolute Gasteiger partial charge is 0.356 e. The van der Waals surface area contributed by atoms with Crippen LogP contribution >= 0.6 is 27.3 Å². The summed E-state index contributed by atoms with van der Waals surface area (Å²) >= 11 is 5.13. The van der Waals surface area contributed by atoms with E-state index in [0.29, 0.717) is 18.8 Å². The van der Waals surface area contributed by atoms with Crippen molar-refractivity contribution >= 4 is 43.4 Å². The third-order valence-corrected chi connectivity index (χ3v) is 5.54. The molecule has 1 unspecified atom stereocenters. The molecule has 2 aromatic rings. The molecular weight excluding hydrogens is 362 g/mol. The maximum atomic E-state index is 12.0. The number of hydrogen-bond donors (Lipinski definition) is 2. The maximum absolute atomic E-state index is 12.0. The van der Waals surface area contributed by atoms with Gasteiger partial charge in [-0.05, 0) is 50.0 Å². The van der Waals surface area contributed by atoms with Crippen molar-refractivity contribution in [3.8, 4) is 0 Å². The standard InChI is InChI=1S/C16H20BrN3OS/c17-12-3-4-14-13(8-12)20-16(22-14)6-5-15(21)19-10-11-2-1-7-18-9-11/h3-4,8,11,18H,1-2,5-7,9-10H2,(H,19,21). The van der Waals surface area contributed by atoms with E-state index in [-0.39, 0.29) is 5.91 Å². The van der Waals surface area contributed by atoms with Gasteiger partial charge in [-0.2, -0.15) is 0 Å². The number of piperidine rings is 1. The van der Waals surface area contributed by atoms with Crippen LogP contribution in [0.1, 0.15) is 24.3 Å². The zero-order valence-corrected chi connectivity index (χ0v) is 14.8. The van der Waals surface area contributed by atoms with Crippen LogP contribution in [0.2, 0.25) is 0 Å². The normalized spacial score (nSPS) is 18.5. The number of carbonyl (C=O) groups excluding carboxylic acids is 1. The second kappa shape index (κ2) is 7.53. The molecule has 118 valence electrons. The van der Waals surface area contributed by atoms with Gasteiger partial charge in [0.2, 0.25) is 5.91 Å². The Morgan fingerprint density at radius 1 is 1.50 bits per heavy atom. The molecule has 4 nitrogen and oxygen atoms in total. The van der Waals surface area contributed by atoms with Crippen molar-refractivity contribution in [2.75, 3.05) is 19.6 Å². The molecule has 2 heterocycles. The highest BCUT2D eigenvalue weighted by Gasteiger charge is 2.14. The summed E-state index contributed by atoms with van der Waals surface area (Å²) in [7, 11) is 0. The van der Waals surface area contributed by atoms with Gasteiger partial charge in [0.15, 0.2) is 0 Å². The van der Waals surface area contributed by atoms with Crippen molar-refractivity contribution < 1.29 is 4.79 Å². The number of aromatic nitrogens is 1. The summed E-state index contributed by atoms with van der Waals surface area (Å²) in [5, 5.41) is 7.46. The highest BCUT2D eigenvalue weighted by molar-refractivity contribution is 9.10. The maximum Gasteiger partial charge on any atom is 0.220 e. The van der Waals surface area contributed by atoms with Crippen LogP contribution in [0.15, 0.2) is 22.7 Å². The Labute approximate surface area is 142 Å². The third-order valence-electron chi connectivity index (χ3n) is 3.95. The molecule has 1 fully saturated rings. The predicted molar refractivity (Wildman–Crippen MR) is 94.2 cm³/mol. The lowest BCUT2D eigenvalue weighted by molar-refractivity contribution is -0.121. The van der Waals surface area contributed by atoms with Gasteiger partial charge in [0.1, 0.15) is 0 Å². The Hall–Kier alpha value is -0.980. The fraction of sp³-hybridized carbons (Fsp3) is 0.500. The first-order valence-electron chi connectivity index (χ1n) is 7.73. The minimum absolute atomic E-state index is 0.131. The Morgan fingerprint density at radius 2 is 2.41 bits per heavy atom. The molecule has 0 aliphatic carbocycles. The first kappa shape index (κ1) is 15.9. The highest BCUT2D eigenvalue weighted by Crippen LogP contribution is 2.25. The smallest absolute Gasteiger partial charge is 0.220 e. The quantitative estimate of drug-likeness (QED) is 0.836. The molecule has 0 bridgehead atoms. The van der Waals surface area contributed by atoms with Crippen molar-refractivity contribution in [3.63, 3.8) is 0 Å². The lowest BCUT2D eigenvalue weighted by Gasteiger charge is -2.22. The molecule has 0 saturated carbocycles. The highest BCUT2D eigenvalue weighted by atomic mass is 79.9. The fourth-order valence-corrected chi connectivity index (χ4v) is 4.02. The summed E-state index contributed by atoms with van der Waals surface area (Å²) in [5.74, 6) is 0.712. The van der Waals surface area contributed by atoms with E-state index in [4.69, 9.17) is 0 Å². The van der Waals surface area contributed by atoms with Crippen molar-refractivity contribution in [1.29, 1.82) is 0 Å². The molecular formula is C16H20BrN3OS. The Kier molecular flexibility index (Phi) is 5.44. The Bertz CT molecular complexity index is 652. The Morgan fingerprint density at radius 3 is 3.23 bits per heavy atom. The van der Waals surface area contributed by atoms with Gasteiger partial charge in [0.25, 0.3) is 0 Å². The number of rotatable bonds is 5. The fourth-order valence-electron chi connectivity index (χ4n) is 2.72. The monoisotopic (exact) mass is 381 g/mol. The molecule has 1 amide bonds. The molecule has 3 rings (SSSR count). The molecule has 1 saturated heterocycles. The topological polar surface area (TPSA) is 54.0 Å². The van der Waals surface area contributed by atoms with E-state index in [1.54, 1.807) is 11.3 Å². The third kappa shape index (κ3) is 4.27.